The third-order valence-electron chi connectivity index (χ3n) is 5.00. The second kappa shape index (κ2) is 7.68. The van der Waals surface area contributed by atoms with Crippen LogP contribution in [0.5, 0.6) is 0 Å². The van der Waals surface area contributed by atoms with Crippen LogP contribution >= 0.6 is 11.6 Å². The predicted molar refractivity (Wildman–Crippen MR) is 94.4 cm³/mol. The molecule has 1 fully saturated rings. The van der Waals surface area contributed by atoms with Crippen LogP contribution in [0, 0.1) is 5.92 Å². The van der Waals surface area contributed by atoms with E-state index in [0.717, 1.165) is 12.3 Å². The maximum atomic E-state index is 6.82. The van der Waals surface area contributed by atoms with Crippen molar-refractivity contribution in [2.24, 2.45) is 5.92 Å². The molecule has 1 aromatic carbocycles. The average molecular weight is 307 g/mol. The Morgan fingerprint density at radius 1 is 0.952 bits per heavy atom. The number of halogens is 1. The van der Waals surface area contributed by atoms with E-state index >= 15 is 0 Å². The lowest BCUT2D eigenvalue weighted by Gasteiger charge is -2.26. The van der Waals surface area contributed by atoms with E-state index in [2.05, 4.69) is 45.9 Å². The van der Waals surface area contributed by atoms with Gasteiger partial charge in [0.2, 0.25) is 0 Å². The molecule has 0 saturated heterocycles. The number of hydrogen-bond acceptors (Lipinski definition) is 0. The van der Waals surface area contributed by atoms with Gasteiger partial charge in [-0.1, -0.05) is 78.0 Å². The molecule has 0 spiro atoms. The van der Waals surface area contributed by atoms with E-state index < -0.39 is 0 Å². The number of alkyl halides is 1. The van der Waals surface area contributed by atoms with Crippen molar-refractivity contribution in [3.63, 3.8) is 0 Å². The second-order valence-electron chi connectivity index (χ2n) is 7.41. The minimum Gasteiger partial charge on any atom is -0.118 e. The van der Waals surface area contributed by atoms with E-state index in [1.807, 2.05) is 0 Å². The van der Waals surface area contributed by atoms with Gasteiger partial charge in [0.25, 0.3) is 0 Å². The van der Waals surface area contributed by atoms with E-state index in [1.165, 1.54) is 48.8 Å². The number of rotatable bonds is 5. The van der Waals surface area contributed by atoms with Crippen molar-refractivity contribution in [2.45, 2.75) is 83.4 Å². The Bertz CT molecular complexity index is 441. The topological polar surface area (TPSA) is 0 Å². The molecule has 1 aliphatic rings. The van der Waals surface area contributed by atoms with Crippen molar-refractivity contribution >= 4 is 11.6 Å². The van der Waals surface area contributed by atoms with Gasteiger partial charge in [-0.3, -0.25) is 0 Å². The Kier molecular flexibility index (Phi) is 6.17. The Morgan fingerprint density at radius 3 is 2.19 bits per heavy atom. The highest BCUT2D eigenvalue weighted by Gasteiger charge is 2.21. The molecule has 118 valence electrons. The van der Waals surface area contributed by atoms with Gasteiger partial charge in [-0.25, -0.2) is 0 Å². The van der Waals surface area contributed by atoms with Crippen LogP contribution in [0.25, 0.3) is 0 Å². The fourth-order valence-electron chi connectivity index (χ4n) is 3.58. The van der Waals surface area contributed by atoms with Crippen molar-refractivity contribution < 1.29 is 0 Å². The molecule has 0 radical (unpaired) electrons. The first-order valence-corrected chi connectivity index (χ1v) is 9.20. The van der Waals surface area contributed by atoms with Gasteiger partial charge in [-0.05, 0) is 40.9 Å². The van der Waals surface area contributed by atoms with Crippen LogP contribution in [-0.2, 0) is 0 Å². The molecule has 21 heavy (non-hydrogen) atoms. The summed E-state index contributed by atoms with van der Waals surface area (Å²) in [7, 11) is 0. The molecule has 1 unspecified atom stereocenters. The lowest BCUT2D eigenvalue weighted by Crippen LogP contribution is -2.10. The monoisotopic (exact) mass is 306 g/mol. The Morgan fingerprint density at radius 2 is 1.62 bits per heavy atom. The highest BCUT2D eigenvalue weighted by Crippen LogP contribution is 2.38. The van der Waals surface area contributed by atoms with Gasteiger partial charge in [-0.2, -0.15) is 0 Å². The fraction of sp³-hybridized carbons (Fsp3) is 0.700. The Balaban J connectivity index is 2.16. The van der Waals surface area contributed by atoms with Gasteiger partial charge in [0.1, 0.15) is 0 Å². The summed E-state index contributed by atoms with van der Waals surface area (Å²) in [5.74, 6) is 1.97. The zero-order chi connectivity index (χ0) is 15.4. The first kappa shape index (κ1) is 16.9. The summed E-state index contributed by atoms with van der Waals surface area (Å²) < 4.78 is 0. The van der Waals surface area contributed by atoms with Gasteiger partial charge >= 0.3 is 0 Å². The third-order valence-corrected chi connectivity index (χ3v) is 5.42. The SMILES string of the molecule is CC(C)c1ccc(C(Cl)CC2CCCCC2)c(C(C)C)c1. The van der Waals surface area contributed by atoms with Crippen molar-refractivity contribution in [2.75, 3.05) is 0 Å². The minimum absolute atomic E-state index is 0.187. The molecular formula is C20H31Cl. The Labute approximate surface area is 136 Å². The molecule has 0 aliphatic heterocycles. The summed E-state index contributed by atoms with van der Waals surface area (Å²) in [6.07, 6.45) is 8.13. The first-order valence-electron chi connectivity index (χ1n) is 8.76. The van der Waals surface area contributed by atoms with Crippen LogP contribution in [-0.4, -0.2) is 0 Å². The van der Waals surface area contributed by atoms with E-state index in [0.29, 0.717) is 11.8 Å². The van der Waals surface area contributed by atoms with E-state index in [9.17, 15) is 0 Å². The Hall–Kier alpha value is -0.490. The van der Waals surface area contributed by atoms with Crippen LogP contribution in [0.1, 0.15) is 100 Å². The molecule has 0 amide bonds. The van der Waals surface area contributed by atoms with E-state index in [1.54, 1.807) is 0 Å². The molecule has 2 rings (SSSR count). The molecule has 1 atom stereocenters. The van der Waals surface area contributed by atoms with E-state index in [4.69, 9.17) is 11.6 Å². The molecule has 0 N–H and O–H groups in total. The summed E-state index contributed by atoms with van der Waals surface area (Å²) in [4.78, 5) is 0. The second-order valence-corrected chi connectivity index (χ2v) is 7.93. The largest absolute Gasteiger partial charge is 0.118 e. The standard InChI is InChI=1S/C20H31Cl/c1-14(2)17-10-11-18(19(13-17)15(3)4)20(21)12-16-8-6-5-7-9-16/h10-11,13-16,20H,5-9,12H2,1-4H3. The number of benzene rings is 1. The lowest BCUT2D eigenvalue weighted by molar-refractivity contribution is 0.336. The van der Waals surface area contributed by atoms with Crippen LogP contribution in [0.15, 0.2) is 18.2 Å². The molecule has 0 aromatic heterocycles. The molecule has 0 nitrogen and oxygen atoms in total. The van der Waals surface area contributed by atoms with Gasteiger partial charge in [0.15, 0.2) is 0 Å². The molecule has 1 aromatic rings. The maximum absolute atomic E-state index is 6.82. The van der Waals surface area contributed by atoms with Gasteiger partial charge in [-0.15, -0.1) is 11.6 Å². The molecule has 0 heterocycles. The van der Waals surface area contributed by atoms with Crippen molar-refractivity contribution in [1.82, 2.24) is 0 Å². The quantitative estimate of drug-likeness (QED) is 0.505. The minimum atomic E-state index is 0.187. The predicted octanol–water partition coefficient (Wildman–Crippen LogP) is 7.18. The van der Waals surface area contributed by atoms with Gasteiger partial charge < -0.3 is 0 Å². The van der Waals surface area contributed by atoms with Gasteiger partial charge in [0.05, 0.1) is 5.38 Å². The van der Waals surface area contributed by atoms with Crippen LogP contribution in [0.4, 0.5) is 0 Å². The zero-order valence-electron chi connectivity index (χ0n) is 14.2. The fourth-order valence-corrected chi connectivity index (χ4v) is 4.03. The van der Waals surface area contributed by atoms with Crippen LogP contribution < -0.4 is 0 Å². The average Bonchev–Trinajstić information content (AvgIpc) is 2.47. The summed E-state index contributed by atoms with van der Waals surface area (Å²) in [6, 6.07) is 6.97. The number of hydrogen-bond donors (Lipinski definition) is 0. The summed E-state index contributed by atoms with van der Waals surface area (Å²) in [5.41, 5.74) is 4.27. The summed E-state index contributed by atoms with van der Waals surface area (Å²) in [5, 5.41) is 0.187. The zero-order valence-corrected chi connectivity index (χ0v) is 14.9. The highest BCUT2D eigenvalue weighted by atomic mass is 35.5. The third kappa shape index (κ3) is 4.49. The van der Waals surface area contributed by atoms with Gasteiger partial charge in [0, 0.05) is 0 Å². The lowest BCUT2D eigenvalue weighted by atomic mass is 9.83. The maximum Gasteiger partial charge on any atom is 0.0590 e. The smallest absolute Gasteiger partial charge is 0.0590 e. The summed E-state index contributed by atoms with van der Waals surface area (Å²) in [6.45, 7) is 9.10. The molecule has 0 bridgehead atoms. The normalized spacial score (nSPS) is 18.4. The van der Waals surface area contributed by atoms with Crippen LogP contribution in [0.2, 0.25) is 0 Å². The summed E-state index contributed by atoms with van der Waals surface area (Å²) >= 11 is 6.82. The molecule has 1 saturated carbocycles. The van der Waals surface area contributed by atoms with Crippen molar-refractivity contribution in [3.05, 3.63) is 34.9 Å². The molecule has 1 heteroatoms. The van der Waals surface area contributed by atoms with Crippen molar-refractivity contribution in [1.29, 1.82) is 0 Å². The van der Waals surface area contributed by atoms with Crippen LogP contribution in [0.3, 0.4) is 0 Å². The molecular weight excluding hydrogens is 276 g/mol. The van der Waals surface area contributed by atoms with E-state index in [-0.39, 0.29) is 5.38 Å². The molecule has 1 aliphatic carbocycles. The first-order chi connectivity index (χ1) is 9.99. The highest BCUT2D eigenvalue weighted by molar-refractivity contribution is 6.20. The van der Waals surface area contributed by atoms with Crippen molar-refractivity contribution in [3.8, 4) is 0 Å².